The molecule has 1 heterocycles. The molecule has 0 amide bonds. The molecule has 23 heavy (non-hydrogen) atoms. The lowest BCUT2D eigenvalue weighted by Crippen LogP contribution is -2.39. The molecule has 0 aliphatic carbocycles. The predicted molar refractivity (Wildman–Crippen MR) is 97.2 cm³/mol. The van der Waals surface area contributed by atoms with E-state index < -0.39 is 17.1 Å². The Balaban J connectivity index is 2.31. The van der Waals surface area contributed by atoms with Gasteiger partial charge in [-0.25, -0.2) is 0 Å². The summed E-state index contributed by atoms with van der Waals surface area (Å²) in [6, 6.07) is 2.00. The molecule has 1 rings (SSSR count). The first-order valence-electron chi connectivity index (χ1n) is 9.13. The average Bonchev–Trinajstić information content (AvgIpc) is 3.23. The van der Waals surface area contributed by atoms with Gasteiger partial charge in [-0.1, -0.05) is 0 Å². The Kier molecular flexibility index (Phi) is 9.51. The molecule has 0 aromatic heterocycles. The van der Waals surface area contributed by atoms with E-state index in [4.69, 9.17) is 22.4 Å². The normalized spacial score (nSPS) is 21.7. The third-order valence-corrected chi connectivity index (χ3v) is 10.2. The minimum absolute atomic E-state index is 0.365. The first-order valence-corrected chi connectivity index (χ1v) is 14.2. The summed E-state index contributed by atoms with van der Waals surface area (Å²) in [7, 11) is -4.01. The zero-order valence-corrected chi connectivity index (χ0v) is 17.9. The van der Waals surface area contributed by atoms with Crippen LogP contribution in [0.15, 0.2) is 0 Å². The minimum atomic E-state index is -2.01. The van der Waals surface area contributed by atoms with Gasteiger partial charge in [0.25, 0.3) is 0 Å². The van der Waals surface area contributed by atoms with Crippen LogP contribution < -0.4 is 0 Å². The Labute approximate surface area is 144 Å². The van der Waals surface area contributed by atoms with Crippen LogP contribution in [-0.2, 0) is 22.4 Å². The zero-order chi connectivity index (χ0) is 17.3. The molecule has 1 saturated heterocycles. The van der Waals surface area contributed by atoms with Crippen LogP contribution in [0.5, 0.6) is 0 Å². The van der Waals surface area contributed by atoms with E-state index in [1.165, 1.54) is 0 Å². The van der Waals surface area contributed by atoms with E-state index in [1.807, 2.05) is 27.7 Å². The van der Waals surface area contributed by atoms with Gasteiger partial charge < -0.3 is 22.4 Å². The lowest BCUT2D eigenvalue weighted by atomic mass is 10.2. The van der Waals surface area contributed by atoms with Gasteiger partial charge in [-0.15, -0.1) is 0 Å². The maximum absolute atomic E-state index is 5.89. The van der Waals surface area contributed by atoms with Crippen LogP contribution in [0.2, 0.25) is 25.2 Å². The quantitative estimate of drug-likeness (QED) is 0.346. The summed E-state index contributed by atoms with van der Waals surface area (Å²) in [5, 5.41) is 0. The van der Waals surface area contributed by atoms with Crippen LogP contribution in [-0.4, -0.2) is 55.8 Å². The monoisotopic (exact) mass is 364 g/mol. The predicted octanol–water partition coefficient (Wildman–Crippen LogP) is 3.82. The Hall–Kier alpha value is 0.234. The van der Waals surface area contributed by atoms with Crippen molar-refractivity contribution in [1.29, 1.82) is 0 Å². The molecule has 7 heteroatoms. The molecule has 1 aliphatic heterocycles. The van der Waals surface area contributed by atoms with Gasteiger partial charge in [0.15, 0.2) is 0 Å². The number of ether oxygens (including phenoxy) is 1. The van der Waals surface area contributed by atoms with Crippen molar-refractivity contribution in [2.75, 3.05) is 26.4 Å². The van der Waals surface area contributed by atoms with Crippen molar-refractivity contribution >= 4 is 17.1 Å². The summed E-state index contributed by atoms with van der Waals surface area (Å²) in [6.45, 7) is 15.4. The summed E-state index contributed by atoms with van der Waals surface area (Å²) in [6.07, 6.45) is 2.80. The molecule has 0 aromatic rings. The molecular formula is C16H36O5Si2. The molecule has 0 N–H and O–H groups in total. The lowest BCUT2D eigenvalue weighted by molar-refractivity contribution is 0.187. The number of rotatable bonds is 14. The summed E-state index contributed by atoms with van der Waals surface area (Å²) in [5.74, 6) is 0. The van der Waals surface area contributed by atoms with Gasteiger partial charge in [0.2, 0.25) is 0 Å². The van der Waals surface area contributed by atoms with E-state index in [-0.39, 0.29) is 0 Å². The van der Waals surface area contributed by atoms with Gasteiger partial charge in [-0.05, 0) is 65.7 Å². The molecule has 1 aliphatic rings. The molecule has 1 fully saturated rings. The van der Waals surface area contributed by atoms with Crippen LogP contribution in [0.1, 0.15) is 40.5 Å². The van der Waals surface area contributed by atoms with Crippen molar-refractivity contribution < 1.29 is 22.4 Å². The zero-order valence-electron chi connectivity index (χ0n) is 15.9. The molecule has 0 aromatic carbocycles. The average molecular weight is 365 g/mol. The largest absolute Gasteiger partial charge is 0.395 e. The highest BCUT2D eigenvalue weighted by atomic mass is 28.4. The fourth-order valence-corrected chi connectivity index (χ4v) is 7.89. The molecule has 0 spiro atoms. The fourth-order valence-electron chi connectivity index (χ4n) is 3.09. The Morgan fingerprint density at radius 2 is 0.957 bits per heavy atom. The minimum Gasteiger partial charge on any atom is -0.395 e. The Morgan fingerprint density at radius 3 is 1.22 bits per heavy atom. The summed E-state index contributed by atoms with van der Waals surface area (Å²) in [4.78, 5) is 0. The fraction of sp³-hybridized carbons (Fsp3) is 1.00. The highest BCUT2D eigenvalue weighted by molar-refractivity contribution is 6.66. The van der Waals surface area contributed by atoms with Gasteiger partial charge in [0, 0.05) is 26.4 Å². The molecule has 0 radical (unpaired) electrons. The van der Waals surface area contributed by atoms with E-state index in [0.29, 0.717) is 12.2 Å². The molecule has 138 valence electrons. The van der Waals surface area contributed by atoms with Crippen molar-refractivity contribution in [3.8, 4) is 0 Å². The number of epoxide rings is 1. The summed E-state index contributed by atoms with van der Waals surface area (Å²) < 4.78 is 29.4. The second-order valence-corrected chi connectivity index (χ2v) is 13.0. The second kappa shape index (κ2) is 10.3. The van der Waals surface area contributed by atoms with E-state index >= 15 is 0 Å². The van der Waals surface area contributed by atoms with Gasteiger partial charge in [-0.2, -0.15) is 0 Å². The van der Waals surface area contributed by atoms with Gasteiger partial charge >= 0.3 is 17.1 Å². The first kappa shape index (κ1) is 21.3. The van der Waals surface area contributed by atoms with Crippen molar-refractivity contribution in [3.63, 3.8) is 0 Å². The number of hydrogen-bond acceptors (Lipinski definition) is 5. The van der Waals surface area contributed by atoms with E-state index in [0.717, 1.165) is 51.4 Å². The smallest absolute Gasteiger partial charge is 0.335 e. The maximum atomic E-state index is 5.89. The van der Waals surface area contributed by atoms with E-state index in [9.17, 15) is 0 Å². The molecular weight excluding hydrogens is 328 g/mol. The highest BCUT2D eigenvalue weighted by Gasteiger charge is 2.43. The van der Waals surface area contributed by atoms with Crippen molar-refractivity contribution in [1.82, 2.24) is 0 Å². The molecule has 5 nitrogen and oxygen atoms in total. The third-order valence-electron chi connectivity index (χ3n) is 4.25. The van der Waals surface area contributed by atoms with Crippen LogP contribution in [0.4, 0.5) is 0 Å². The Bertz CT molecular complexity index is 288. The standard InChI is InChI=1S/C16H36O5Si2/c1-7-17-22(5,18-8-2)13-11-15-16(21-15)12-14-23(6,19-9-3)20-10-4/h15-16H,7-14H2,1-6H3. The van der Waals surface area contributed by atoms with Crippen molar-refractivity contribution in [2.24, 2.45) is 0 Å². The van der Waals surface area contributed by atoms with Crippen molar-refractivity contribution in [2.45, 2.75) is 77.9 Å². The van der Waals surface area contributed by atoms with Crippen molar-refractivity contribution in [3.05, 3.63) is 0 Å². The molecule has 0 saturated carbocycles. The van der Waals surface area contributed by atoms with Gasteiger partial charge in [-0.3, -0.25) is 0 Å². The summed E-state index contributed by atoms with van der Waals surface area (Å²) in [5.41, 5.74) is 0. The SMILES string of the molecule is CCO[Si](C)(CCC1OC1CC[Si](C)(OCC)OCC)OCC. The molecule has 0 bridgehead atoms. The second-order valence-electron chi connectivity index (χ2n) is 6.29. The van der Waals surface area contributed by atoms with E-state index in [2.05, 4.69) is 13.1 Å². The topological polar surface area (TPSA) is 49.5 Å². The summed E-state index contributed by atoms with van der Waals surface area (Å²) >= 11 is 0. The first-order chi connectivity index (χ1) is 10.9. The van der Waals surface area contributed by atoms with E-state index in [1.54, 1.807) is 0 Å². The molecule has 2 unspecified atom stereocenters. The molecule has 2 atom stereocenters. The number of hydrogen-bond donors (Lipinski definition) is 0. The van der Waals surface area contributed by atoms with Gasteiger partial charge in [0.05, 0.1) is 12.2 Å². The van der Waals surface area contributed by atoms with Gasteiger partial charge in [0.1, 0.15) is 0 Å². The maximum Gasteiger partial charge on any atom is 0.335 e. The van der Waals surface area contributed by atoms with Crippen LogP contribution in [0, 0.1) is 0 Å². The lowest BCUT2D eigenvalue weighted by Gasteiger charge is -2.26. The van der Waals surface area contributed by atoms with Crippen LogP contribution in [0.25, 0.3) is 0 Å². The van der Waals surface area contributed by atoms with Crippen LogP contribution >= 0.6 is 0 Å². The van der Waals surface area contributed by atoms with Crippen LogP contribution in [0.3, 0.4) is 0 Å². The highest BCUT2D eigenvalue weighted by Crippen LogP contribution is 2.34. The Morgan fingerprint density at radius 1 is 0.652 bits per heavy atom. The third kappa shape index (κ3) is 7.77.